The first kappa shape index (κ1) is 31.6. The maximum atomic E-state index is 13.5. The Labute approximate surface area is 253 Å². The van der Waals surface area contributed by atoms with Crippen molar-refractivity contribution in [1.29, 1.82) is 0 Å². The topological polar surface area (TPSA) is 114 Å². The van der Waals surface area contributed by atoms with Crippen molar-refractivity contribution < 1.29 is 9.59 Å². The average molecular weight is 586 g/mol. The van der Waals surface area contributed by atoms with Gasteiger partial charge in [-0.25, -0.2) is 9.97 Å². The van der Waals surface area contributed by atoms with Gasteiger partial charge in [-0.15, -0.1) is 0 Å². The summed E-state index contributed by atoms with van der Waals surface area (Å²) in [6.07, 6.45) is 7.21. The van der Waals surface area contributed by atoms with Gasteiger partial charge in [0.2, 0.25) is 5.91 Å². The Bertz CT molecular complexity index is 1510. The quantitative estimate of drug-likeness (QED) is 0.316. The van der Waals surface area contributed by atoms with Crippen LogP contribution in [0.5, 0.6) is 0 Å². The second-order valence-electron chi connectivity index (χ2n) is 11.0. The van der Waals surface area contributed by atoms with Crippen LogP contribution in [0.25, 0.3) is 17.1 Å². The van der Waals surface area contributed by atoms with Gasteiger partial charge in [0.05, 0.1) is 17.6 Å². The van der Waals surface area contributed by atoms with E-state index in [9.17, 15) is 9.59 Å². The zero-order valence-electron chi connectivity index (χ0n) is 26.3. The SMILES string of the molecule is CC.Cc1ccc(-n2nc(C3CCN(C(C)C)CC3)cc2NC(=O)c2cccc(-c3cnn(CC(=O)N(C)C)c3)n2)nc1. The van der Waals surface area contributed by atoms with Crippen molar-refractivity contribution in [1.82, 2.24) is 39.3 Å². The summed E-state index contributed by atoms with van der Waals surface area (Å²) in [7, 11) is 3.41. The number of nitrogens with one attached hydrogen (secondary N) is 1. The minimum atomic E-state index is -0.350. The molecule has 1 aliphatic heterocycles. The molecular weight excluding hydrogens is 542 g/mol. The van der Waals surface area contributed by atoms with Gasteiger partial charge in [-0.2, -0.15) is 14.9 Å². The molecule has 0 atom stereocenters. The summed E-state index contributed by atoms with van der Waals surface area (Å²) in [6.45, 7) is 12.6. The molecule has 0 aliphatic carbocycles. The first-order chi connectivity index (χ1) is 20.7. The Balaban J connectivity index is 0.00000207. The van der Waals surface area contributed by atoms with E-state index in [-0.39, 0.29) is 24.1 Å². The summed E-state index contributed by atoms with van der Waals surface area (Å²) in [6, 6.07) is 11.6. The fraction of sp³-hybridized carbons (Fsp3) is 0.438. The van der Waals surface area contributed by atoms with Crippen molar-refractivity contribution in [2.24, 2.45) is 0 Å². The molecule has 1 aliphatic rings. The number of carbonyl (C=O) groups excluding carboxylic acids is 2. The Hall–Kier alpha value is -4.38. The van der Waals surface area contributed by atoms with Gasteiger partial charge in [0.15, 0.2) is 5.82 Å². The minimum absolute atomic E-state index is 0.0646. The van der Waals surface area contributed by atoms with Gasteiger partial charge >= 0.3 is 0 Å². The molecular formula is C32H43N9O2. The molecule has 0 unspecified atom stereocenters. The van der Waals surface area contributed by atoms with E-state index in [2.05, 4.69) is 39.1 Å². The molecule has 1 fully saturated rings. The highest BCUT2D eigenvalue weighted by atomic mass is 16.2. The molecule has 11 heteroatoms. The van der Waals surface area contributed by atoms with Crippen LogP contribution in [-0.2, 0) is 11.3 Å². The van der Waals surface area contributed by atoms with Crippen LogP contribution in [0, 0.1) is 6.92 Å². The molecule has 0 spiro atoms. The standard InChI is InChI=1S/C30H37N9O2.C2H6/c1-20(2)37-13-11-22(12-14-37)26-15-28(39(35-26)27-10-9-21(3)16-31-27)34-30(41)25-8-6-7-24(33-25)23-17-32-38(18-23)19-29(40)36(4)5;1-2/h6-10,15-18,20,22H,11-14,19H2,1-5H3,(H,34,41);1-2H3. The van der Waals surface area contributed by atoms with Crippen LogP contribution < -0.4 is 5.32 Å². The van der Waals surface area contributed by atoms with E-state index in [4.69, 9.17) is 5.10 Å². The molecule has 5 rings (SSSR count). The second-order valence-corrected chi connectivity index (χ2v) is 11.0. The van der Waals surface area contributed by atoms with Crippen LogP contribution in [0.1, 0.15) is 68.2 Å². The van der Waals surface area contributed by atoms with E-state index in [1.165, 1.54) is 4.90 Å². The van der Waals surface area contributed by atoms with E-state index in [1.807, 2.05) is 45.0 Å². The Kier molecular flexibility index (Phi) is 10.4. The Morgan fingerprint density at radius 3 is 2.47 bits per heavy atom. The number of likely N-dealkylation sites (tertiary alicyclic amines) is 1. The number of pyridine rings is 2. The number of hydrogen-bond donors (Lipinski definition) is 1. The smallest absolute Gasteiger partial charge is 0.275 e. The lowest BCUT2D eigenvalue weighted by atomic mass is 9.93. The fourth-order valence-corrected chi connectivity index (χ4v) is 4.92. The number of anilines is 1. The molecule has 1 N–H and O–H groups in total. The molecule has 0 bridgehead atoms. The third-order valence-corrected chi connectivity index (χ3v) is 7.47. The maximum Gasteiger partial charge on any atom is 0.275 e. The van der Waals surface area contributed by atoms with E-state index >= 15 is 0 Å². The average Bonchev–Trinajstić information content (AvgIpc) is 3.66. The largest absolute Gasteiger partial charge is 0.347 e. The van der Waals surface area contributed by atoms with Gasteiger partial charge in [-0.3, -0.25) is 14.3 Å². The fourth-order valence-electron chi connectivity index (χ4n) is 4.92. The number of likely N-dealkylation sites (N-methyl/N-ethyl adjacent to an activating group) is 1. The molecule has 4 aromatic rings. The number of aryl methyl sites for hydroxylation is 1. The lowest BCUT2D eigenvalue weighted by Crippen LogP contribution is -2.37. The normalized spacial score (nSPS) is 13.9. The van der Waals surface area contributed by atoms with Gasteiger partial charge in [-0.05, 0) is 70.5 Å². The van der Waals surface area contributed by atoms with Crippen molar-refractivity contribution in [3.05, 3.63) is 71.9 Å². The van der Waals surface area contributed by atoms with Crippen molar-refractivity contribution in [3.8, 4) is 17.1 Å². The van der Waals surface area contributed by atoms with Crippen molar-refractivity contribution >= 4 is 17.6 Å². The highest BCUT2D eigenvalue weighted by Crippen LogP contribution is 2.31. The number of carbonyl (C=O) groups is 2. The predicted molar refractivity (Wildman–Crippen MR) is 168 cm³/mol. The van der Waals surface area contributed by atoms with Crippen molar-refractivity contribution in [2.75, 3.05) is 32.5 Å². The highest BCUT2D eigenvalue weighted by molar-refractivity contribution is 6.02. The lowest BCUT2D eigenvalue weighted by Gasteiger charge is -2.33. The van der Waals surface area contributed by atoms with Gasteiger partial charge in [0.1, 0.15) is 18.1 Å². The van der Waals surface area contributed by atoms with Crippen LogP contribution in [0.3, 0.4) is 0 Å². The summed E-state index contributed by atoms with van der Waals surface area (Å²) in [5.74, 6) is 1.08. The van der Waals surface area contributed by atoms with Gasteiger partial charge < -0.3 is 15.1 Å². The first-order valence-electron chi connectivity index (χ1n) is 15.0. The molecule has 1 saturated heterocycles. The molecule has 0 aromatic carbocycles. The third-order valence-electron chi connectivity index (χ3n) is 7.47. The van der Waals surface area contributed by atoms with Crippen molar-refractivity contribution in [2.45, 2.75) is 66.0 Å². The molecule has 2 amide bonds. The summed E-state index contributed by atoms with van der Waals surface area (Å²) < 4.78 is 3.27. The molecule has 5 heterocycles. The Morgan fingerprint density at radius 1 is 1.07 bits per heavy atom. The number of piperidine rings is 1. The van der Waals surface area contributed by atoms with Crippen LogP contribution in [-0.4, -0.2) is 84.4 Å². The first-order valence-corrected chi connectivity index (χ1v) is 15.0. The molecule has 0 saturated carbocycles. The van der Waals surface area contributed by atoms with Crippen LogP contribution in [0.2, 0.25) is 0 Å². The van der Waals surface area contributed by atoms with Crippen LogP contribution in [0.15, 0.2) is 55.0 Å². The number of nitrogens with zero attached hydrogens (tertiary/aromatic N) is 8. The maximum absolute atomic E-state index is 13.5. The number of rotatable bonds is 8. The molecule has 11 nitrogen and oxygen atoms in total. The second kappa shape index (κ2) is 14.2. The van der Waals surface area contributed by atoms with Gasteiger partial charge in [0, 0.05) is 50.1 Å². The van der Waals surface area contributed by atoms with E-state index in [0.29, 0.717) is 29.3 Å². The Morgan fingerprint density at radius 2 is 1.81 bits per heavy atom. The highest BCUT2D eigenvalue weighted by Gasteiger charge is 2.26. The van der Waals surface area contributed by atoms with E-state index < -0.39 is 0 Å². The van der Waals surface area contributed by atoms with E-state index in [1.54, 1.807) is 54.2 Å². The minimum Gasteiger partial charge on any atom is -0.347 e. The van der Waals surface area contributed by atoms with Gasteiger partial charge in [-0.1, -0.05) is 26.0 Å². The number of amides is 2. The summed E-state index contributed by atoms with van der Waals surface area (Å²) in [4.78, 5) is 38.7. The third kappa shape index (κ3) is 7.72. The van der Waals surface area contributed by atoms with Crippen molar-refractivity contribution in [3.63, 3.8) is 0 Å². The van der Waals surface area contributed by atoms with Crippen LogP contribution in [0.4, 0.5) is 5.82 Å². The number of hydrogen-bond acceptors (Lipinski definition) is 7. The summed E-state index contributed by atoms with van der Waals surface area (Å²) in [5.41, 5.74) is 3.56. The summed E-state index contributed by atoms with van der Waals surface area (Å²) in [5, 5.41) is 12.2. The zero-order chi connectivity index (χ0) is 31.1. The molecule has 43 heavy (non-hydrogen) atoms. The van der Waals surface area contributed by atoms with E-state index in [0.717, 1.165) is 42.8 Å². The van der Waals surface area contributed by atoms with Gasteiger partial charge in [0.25, 0.3) is 5.91 Å². The zero-order valence-corrected chi connectivity index (χ0v) is 26.3. The molecule has 0 radical (unpaired) electrons. The lowest BCUT2D eigenvalue weighted by molar-refractivity contribution is -0.129. The summed E-state index contributed by atoms with van der Waals surface area (Å²) >= 11 is 0. The number of aromatic nitrogens is 6. The van der Waals surface area contributed by atoms with Crippen LogP contribution >= 0.6 is 0 Å². The molecule has 228 valence electrons. The predicted octanol–water partition coefficient (Wildman–Crippen LogP) is 4.79. The molecule has 4 aromatic heterocycles. The monoisotopic (exact) mass is 585 g/mol.